The summed E-state index contributed by atoms with van der Waals surface area (Å²) in [5.74, 6) is 4.24. The van der Waals surface area contributed by atoms with Crippen molar-refractivity contribution in [2.75, 3.05) is 13.7 Å². The Hall–Kier alpha value is -4.16. The Morgan fingerprint density at radius 2 is 2.20 bits per heavy atom. The van der Waals surface area contributed by atoms with E-state index in [4.69, 9.17) is 27.9 Å². The zero-order valence-electron chi connectivity index (χ0n) is 18.7. The van der Waals surface area contributed by atoms with Crippen molar-refractivity contribution in [3.63, 3.8) is 0 Å². The van der Waals surface area contributed by atoms with E-state index in [0.717, 1.165) is 6.34 Å². The number of benzene rings is 1. The molecule has 3 aromatic rings. The van der Waals surface area contributed by atoms with E-state index in [2.05, 4.69) is 25.3 Å². The number of aromatic nitrogens is 3. The second-order valence-corrected chi connectivity index (χ2v) is 7.44. The predicted molar refractivity (Wildman–Crippen MR) is 131 cm³/mol. The second-order valence-electron chi connectivity index (χ2n) is 7.04. The average Bonchev–Trinajstić information content (AvgIpc) is 3.39. The summed E-state index contributed by atoms with van der Waals surface area (Å²) in [6.07, 6.45) is 10.5. The first kappa shape index (κ1) is 25.5. The third kappa shape index (κ3) is 6.25. The third-order valence-corrected chi connectivity index (χ3v) is 5.21. The number of imidazole rings is 1. The maximum atomic E-state index is 14.9. The molecule has 0 saturated carbocycles. The van der Waals surface area contributed by atoms with Crippen LogP contribution in [0.15, 0.2) is 75.7 Å². The predicted octanol–water partition coefficient (Wildman–Crippen LogP) is 3.57. The van der Waals surface area contributed by atoms with Gasteiger partial charge in [0.2, 0.25) is 5.69 Å². The largest absolute Gasteiger partial charge is 0.618 e. The molecule has 0 spiro atoms. The van der Waals surface area contributed by atoms with E-state index >= 15 is 0 Å². The molecule has 13 heteroatoms. The minimum Gasteiger partial charge on any atom is -0.618 e. The van der Waals surface area contributed by atoms with Crippen molar-refractivity contribution < 1.29 is 13.9 Å². The fourth-order valence-corrected chi connectivity index (χ4v) is 3.40. The monoisotopic (exact) mass is 499 g/mol. The van der Waals surface area contributed by atoms with Gasteiger partial charge in [-0.2, -0.15) is 4.73 Å². The lowest BCUT2D eigenvalue weighted by Crippen LogP contribution is -2.33. The number of hydrogen-bond donors (Lipinski definition) is 2. The van der Waals surface area contributed by atoms with Gasteiger partial charge in [-0.1, -0.05) is 16.8 Å². The van der Waals surface area contributed by atoms with Crippen LogP contribution in [0, 0.1) is 11.0 Å². The van der Waals surface area contributed by atoms with Gasteiger partial charge < -0.3 is 26.1 Å². The van der Waals surface area contributed by atoms with Crippen LogP contribution in [0.1, 0.15) is 18.2 Å². The Morgan fingerprint density at radius 1 is 1.37 bits per heavy atom. The molecule has 2 heterocycles. The van der Waals surface area contributed by atoms with Crippen LogP contribution in [0.5, 0.6) is 0 Å². The van der Waals surface area contributed by atoms with E-state index in [1.54, 1.807) is 48.7 Å². The van der Waals surface area contributed by atoms with Crippen molar-refractivity contribution in [1.82, 2.24) is 9.55 Å². The molecule has 182 valence electrons. The summed E-state index contributed by atoms with van der Waals surface area (Å²) in [4.78, 5) is 12.6. The SMILES string of the molecule is COCC[C@@H](N=C/C(=C\N)n1ccnc1)c1ccc(-c2c(N=CN=NN)ccc(Cl)c2F)c[n+]1[O-]. The quantitative estimate of drug-likeness (QED) is 0.0829. The number of nitrogens with two attached hydrogens (primary N) is 2. The molecule has 0 aliphatic heterocycles. The molecule has 0 unspecified atom stereocenters. The molecular formula is C22H23ClFN9O2. The van der Waals surface area contributed by atoms with E-state index in [1.165, 1.54) is 24.5 Å². The highest BCUT2D eigenvalue weighted by Gasteiger charge is 2.22. The molecule has 0 aliphatic rings. The maximum absolute atomic E-state index is 14.9. The van der Waals surface area contributed by atoms with Crippen molar-refractivity contribution in [3.8, 4) is 11.1 Å². The fraction of sp³-hybridized carbons (Fsp3) is 0.182. The van der Waals surface area contributed by atoms with Crippen LogP contribution >= 0.6 is 11.6 Å². The maximum Gasteiger partial charge on any atom is 0.217 e. The molecular weight excluding hydrogens is 477 g/mol. The summed E-state index contributed by atoms with van der Waals surface area (Å²) < 4.78 is 22.4. The number of methoxy groups -OCH3 is 1. The van der Waals surface area contributed by atoms with Gasteiger partial charge in [-0.05, 0) is 18.2 Å². The minimum atomic E-state index is -0.731. The number of allylic oxidation sites excluding steroid dienone is 1. The van der Waals surface area contributed by atoms with Crippen LogP contribution in [0.2, 0.25) is 5.02 Å². The molecule has 0 bridgehead atoms. The molecule has 3 rings (SSSR count). The van der Waals surface area contributed by atoms with Crippen LogP contribution in [-0.2, 0) is 4.74 Å². The first-order valence-electron chi connectivity index (χ1n) is 10.3. The van der Waals surface area contributed by atoms with Crippen LogP contribution < -0.4 is 16.3 Å². The Morgan fingerprint density at radius 3 is 2.86 bits per heavy atom. The Bertz CT molecular complexity index is 1260. The number of halogens is 2. The van der Waals surface area contributed by atoms with Gasteiger partial charge in [-0.3, -0.25) is 4.99 Å². The van der Waals surface area contributed by atoms with Crippen LogP contribution in [0.3, 0.4) is 0 Å². The number of hydrogen-bond acceptors (Lipinski definition) is 7. The van der Waals surface area contributed by atoms with E-state index in [1.807, 2.05) is 0 Å². The summed E-state index contributed by atoms with van der Waals surface area (Å²) in [5, 5.41) is 19.4. The summed E-state index contributed by atoms with van der Waals surface area (Å²) >= 11 is 5.97. The molecule has 1 atom stereocenters. The summed E-state index contributed by atoms with van der Waals surface area (Å²) in [7, 11) is 1.56. The number of ether oxygens (including phenoxy) is 1. The van der Waals surface area contributed by atoms with Gasteiger partial charge in [0.05, 0.1) is 33.9 Å². The van der Waals surface area contributed by atoms with Crippen molar-refractivity contribution in [2.24, 2.45) is 31.9 Å². The molecule has 35 heavy (non-hydrogen) atoms. The van der Waals surface area contributed by atoms with Crippen LogP contribution in [0.25, 0.3) is 16.8 Å². The molecule has 1 aromatic carbocycles. The van der Waals surface area contributed by atoms with Gasteiger partial charge in [0, 0.05) is 51.0 Å². The fourth-order valence-electron chi connectivity index (χ4n) is 3.24. The lowest BCUT2D eigenvalue weighted by Gasteiger charge is -2.14. The standard InChI is InChI=1S/C22H23ClFN9O2/c1-35-9-6-18(28-11-16(10-25)32-8-7-27-14-32)20-5-2-15(12-33(20)34)21-19(29-13-30-31-26)4-3-17(23)22(21)24/h2-5,7-8,10-14,18H,6,9,25H2,1H3,(H2,26,29,30)/b16-10+,28-11?/t18-/m1/s1. The van der Waals surface area contributed by atoms with Gasteiger partial charge in [0.15, 0.2) is 12.0 Å². The number of aliphatic imine (C=N–C) groups is 2. The highest BCUT2D eigenvalue weighted by Crippen LogP contribution is 2.36. The van der Waals surface area contributed by atoms with E-state index in [9.17, 15) is 9.60 Å². The van der Waals surface area contributed by atoms with Crippen molar-refractivity contribution in [3.05, 3.63) is 77.1 Å². The van der Waals surface area contributed by atoms with Gasteiger partial charge in [-0.15, -0.1) is 5.11 Å². The Labute approximate surface area is 205 Å². The van der Waals surface area contributed by atoms with Crippen LogP contribution in [-0.4, -0.2) is 35.8 Å². The molecule has 0 amide bonds. The molecule has 0 fully saturated rings. The summed E-state index contributed by atoms with van der Waals surface area (Å²) in [5.41, 5.74) is 7.09. The normalized spacial score (nSPS) is 13.4. The molecule has 4 N–H and O–H groups in total. The van der Waals surface area contributed by atoms with Gasteiger partial charge in [-0.25, -0.2) is 14.4 Å². The second kappa shape index (κ2) is 12.3. The van der Waals surface area contributed by atoms with Crippen molar-refractivity contribution in [2.45, 2.75) is 12.5 Å². The van der Waals surface area contributed by atoms with Gasteiger partial charge >= 0.3 is 0 Å². The van der Waals surface area contributed by atoms with Gasteiger partial charge in [0.25, 0.3) is 0 Å². The lowest BCUT2D eigenvalue weighted by molar-refractivity contribution is -0.615. The topological polar surface area (TPSA) is 155 Å². The molecule has 0 aliphatic carbocycles. The zero-order chi connectivity index (χ0) is 25.2. The zero-order valence-corrected chi connectivity index (χ0v) is 19.5. The average molecular weight is 500 g/mol. The highest BCUT2D eigenvalue weighted by molar-refractivity contribution is 6.31. The number of nitrogens with zero attached hydrogens (tertiary/aromatic N) is 7. The lowest BCUT2D eigenvalue weighted by atomic mass is 10.0. The first-order valence-corrected chi connectivity index (χ1v) is 10.6. The van der Waals surface area contributed by atoms with Crippen LogP contribution in [0.4, 0.5) is 10.1 Å². The minimum absolute atomic E-state index is 0.0301. The molecule has 11 nitrogen and oxygen atoms in total. The Balaban J connectivity index is 2.00. The smallest absolute Gasteiger partial charge is 0.217 e. The van der Waals surface area contributed by atoms with Crippen molar-refractivity contribution in [1.29, 1.82) is 0 Å². The molecule has 0 saturated heterocycles. The van der Waals surface area contributed by atoms with Gasteiger partial charge in [0.1, 0.15) is 12.4 Å². The summed E-state index contributed by atoms with van der Waals surface area (Å²) in [6, 6.07) is 5.44. The third-order valence-electron chi connectivity index (χ3n) is 4.92. The molecule has 2 aromatic heterocycles. The van der Waals surface area contributed by atoms with E-state index in [0.29, 0.717) is 29.1 Å². The number of rotatable bonds is 10. The molecule has 0 radical (unpaired) electrons. The van der Waals surface area contributed by atoms with E-state index in [-0.39, 0.29) is 21.8 Å². The highest BCUT2D eigenvalue weighted by atomic mass is 35.5. The van der Waals surface area contributed by atoms with E-state index < -0.39 is 11.9 Å². The summed E-state index contributed by atoms with van der Waals surface area (Å²) in [6.45, 7) is 0.355. The van der Waals surface area contributed by atoms with Crippen molar-refractivity contribution >= 4 is 35.5 Å². The Kier molecular flexibility index (Phi) is 8.98. The number of pyridine rings is 1. The first-order chi connectivity index (χ1) is 17.0.